The molecule has 0 aromatic heterocycles. The van der Waals surface area contributed by atoms with Crippen molar-refractivity contribution in [2.45, 2.75) is 89.2 Å². The number of ether oxygens (including phenoxy) is 3. The normalized spacial score (nSPS) is 38.5. The second kappa shape index (κ2) is 4.53. The Morgan fingerprint density at radius 3 is 2.16 bits per heavy atom. The molecule has 0 aliphatic carbocycles. The summed E-state index contributed by atoms with van der Waals surface area (Å²) in [7, 11) is -1.48. The number of hydrogen-bond donors (Lipinski definition) is 1. The quantitative estimate of drug-likeness (QED) is 0.794. The summed E-state index contributed by atoms with van der Waals surface area (Å²) in [4.78, 5) is 0. The second-order valence-electron chi connectivity index (χ2n) is 7.97. The van der Waals surface area contributed by atoms with E-state index < -0.39 is 20.2 Å². The van der Waals surface area contributed by atoms with E-state index in [9.17, 15) is 5.11 Å². The Hall–Kier alpha value is 0.0569. The highest BCUT2D eigenvalue weighted by Crippen LogP contribution is 2.45. The molecule has 2 fully saturated rings. The number of aliphatic hydroxyl groups excluding tert-OH is 1. The van der Waals surface area contributed by atoms with Gasteiger partial charge >= 0.3 is 0 Å². The maximum Gasteiger partial charge on any atom is 0.184 e. The van der Waals surface area contributed by atoms with Crippen LogP contribution in [0.15, 0.2) is 0 Å². The van der Waals surface area contributed by atoms with Crippen molar-refractivity contribution in [2.75, 3.05) is 0 Å². The maximum absolute atomic E-state index is 9.99. The summed E-state index contributed by atoms with van der Waals surface area (Å²) in [5.41, 5.74) is 0. The van der Waals surface area contributed by atoms with Gasteiger partial charge in [-0.3, -0.25) is 0 Å². The zero-order chi connectivity index (χ0) is 14.6. The molecule has 2 aliphatic heterocycles. The average Bonchev–Trinajstić information content (AvgIpc) is 2.62. The third kappa shape index (κ3) is 2.90. The highest BCUT2D eigenvalue weighted by molar-refractivity contribution is 6.80. The summed E-state index contributed by atoms with van der Waals surface area (Å²) in [5.74, 6) is -0.619. The molecule has 2 saturated heterocycles. The smallest absolute Gasteiger partial charge is 0.184 e. The van der Waals surface area contributed by atoms with E-state index in [2.05, 4.69) is 33.9 Å². The van der Waals surface area contributed by atoms with E-state index in [1.54, 1.807) is 0 Å². The van der Waals surface area contributed by atoms with Crippen LogP contribution in [0.2, 0.25) is 24.2 Å². The number of fused-ring (bicyclic) bond motifs is 1. The minimum absolute atomic E-state index is 0.0531. The first-order valence-corrected chi connectivity index (χ1v) is 10.3. The van der Waals surface area contributed by atoms with Gasteiger partial charge in [0.2, 0.25) is 0 Å². The van der Waals surface area contributed by atoms with Gasteiger partial charge in [-0.1, -0.05) is 33.9 Å². The van der Waals surface area contributed by atoms with Crippen LogP contribution in [-0.2, 0) is 14.2 Å². The van der Waals surface area contributed by atoms with Gasteiger partial charge in [-0.2, -0.15) is 0 Å². The fourth-order valence-corrected chi connectivity index (χ4v) is 4.58. The van der Waals surface area contributed by atoms with Gasteiger partial charge in [0.05, 0.1) is 14.2 Å². The summed E-state index contributed by atoms with van der Waals surface area (Å²) < 4.78 is 17.4. The van der Waals surface area contributed by atoms with E-state index in [1.165, 1.54) is 0 Å². The van der Waals surface area contributed by atoms with Crippen LogP contribution in [-0.4, -0.2) is 43.6 Å². The Morgan fingerprint density at radius 1 is 1.11 bits per heavy atom. The predicted molar refractivity (Wildman–Crippen MR) is 76.7 cm³/mol. The van der Waals surface area contributed by atoms with Crippen LogP contribution < -0.4 is 0 Å². The van der Waals surface area contributed by atoms with Crippen LogP contribution in [0.5, 0.6) is 0 Å². The Morgan fingerprint density at radius 2 is 1.63 bits per heavy atom. The lowest BCUT2D eigenvalue weighted by molar-refractivity contribution is -0.217. The molecule has 2 aliphatic rings. The van der Waals surface area contributed by atoms with Gasteiger partial charge in [0, 0.05) is 0 Å². The van der Waals surface area contributed by atoms with Gasteiger partial charge in [0.25, 0.3) is 0 Å². The molecule has 0 aromatic carbocycles. The zero-order valence-corrected chi connectivity index (χ0v) is 14.2. The molecule has 4 nitrogen and oxygen atoms in total. The van der Waals surface area contributed by atoms with E-state index in [0.29, 0.717) is 5.04 Å². The van der Waals surface area contributed by atoms with E-state index in [-0.39, 0.29) is 18.3 Å². The lowest BCUT2D eigenvalue weighted by atomic mass is 10.1. The molecule has 2 rings (SSSR count). The second-order valence-corrected chi connectivity index (χ2v) is 13.6. The average molecular weight is 288 g/mol. The number of aliphatic hydroxyl groups is 1. The molecule has 0 spiro atoms. The summed E-state index contributed by atoms with van der Waals surface area (Å²) in [5, 5.41) is 10.3. The Bertz CT molecular complexity index is 348. The number of rotatable bonds is 2. The van der Waals surface area contributed by atoms with Crippen molar-refractivity contribution in [3.8, 4) is 0 Å². The van der Waals surface area contributed by atoms with Crippen molar-refractivity contribution in [1.29, 1.82) is 0 Å². The lowest BCUT2D eigenvalue weighted by Crippen LogP contribution is -2.43. The number of hydrogen-bond acceptors (Lipinski definition) is 4. The summed E-state index contributed by atoms with van der Waals surface area (Å²) >= 11 is 0. The predicted octanol–water partition coefficient (Wildman–Crippen LogP) is 2.73. The zero-order valence-electron chi connectivity index (χ0n) is 13.2. The van der Waals surface area contributed by atoms with Gasteiger partial charge in [-0.15, -0.1) is 0 Å². The van der Waals surface area contributed by atoms with Crippen LogP contribution >= 0.6 is 0 Å². The van der Waals surface area contributed by atoms with E-state index in [4.69, 9.17) is 14.2 Å². The summed E-state index contributed by atoms with van der Waals surface area (Å²) in [6.45, 7) is 15.4. The SMILES string of the molecule is CC1(C)O[C@@H]2[C@H](C[Si](C)(C)C(C)(C)C)OC(O)[C@@H]2O1. The first-order valence-electron chi connectivity index (χ1n) is 7.12. The molecule has 0 bridgehead atoms. The molecule has 0 amide bonds. The van der Waals surface area contributed by atoms with Crippen LogP contribution in [0.3, 0.4) is 0 Å². The largest absolute Gasteiger partial charge is 0.366 e. The third-order valence-electron chi connectivity index (χ3n) is 4.87. The van der Waals surface area contributed by atoms with Crippen LogP contribution in [0.4, 0.5) is 0 Å². The van der Waals surface area contributed by atoms with Gasteiger partial charge in [-0.05, 0) is 24.9 Å². The molecule has 19 heavy (non-hydrogen) atoms. The highest BCUT2D eigenvalue weighted by Gasteiger charge is 2.56. The molecule has 1 unspecified atom stereocenters. The molecule has 2 heterocycles. The highest BCUT2D eigenvalue weighted by atomic mass is 28.3. The third-order valence-corrected chi connectivity index (χ3v) is 10.4. The molecule has 112 valence electrons. The first kappa shape index (κ1) is 15.4. The van der Waals surface area contributed by atoms with Crippen molar-refractivity contribution in [3.63, 3.8) is 0 Å². The monoisotopic (exact) mass is 288 g/mol. The van der Waals surface area contributed by atoms with Crippen LogP contribution in [0.1, 0.15) is 34.6 Å². The van der Waals surface area contributed by atoms with Gasteiger partial charge < -0.3 is 19.3 Å². The van der Waals surface area contributed by atoms with E-state index >= 15 is 0 Å². The van der Waals surface area contributed by atoms with Gasteiger partial charge in [-0.25, -0.2) is 0 Å². The van der Waals surface area contributed by atoms with Crippen molar-refractivity contribution < 1.29 is 19.3 Å². The van der Waals surface area contributed by atoms with Crippen molar-refractivity contribution in [3.05, 3.63) is 0 Å². The molecule has 0 saturated carbocycles. The Balaban J connectivity index is 2.11. The maximum atomic E-state index is 9.99. The minimum Gasteiger partial charge on any atom is -0.366 e. The Kier molecular flexibility index (Phi) is 3.68. The molecule has 5 heteroatoms. The summed E-state index contributed by atoms with van der Waals surface area (Å²) in [6, 6.07) is 0.980. The molecule has 1 N–H and O–H groups in total. The van der Waals surface area contributed by atoms with E-state index in [1.807, 2.05) is 13.8 Å². The van der Waals surface area contributed by atoms with Crippen molar-refractivity contribution in [1.82, 2.24) is 0 Å². The first-order chi connectivity index (χ1) is 8.43. The fourth-order valence-electron chi connectivity index (χ4n) is 2.63. The van der Waals surface area contributed by atoms with E-state index in [0.717, 1.165) is 6.04 Å². The van der Waals surface area contributed by atoms with Gasteiger partial charge in [0.1, 0.15) is 12.2 Å². The molecule has 0 radical (unpaired) electrons. The minimum atomic E-state index is -1.48. The summed E-state index contributed by atoms with van der Waals surface area (Å²) in [6.07, 6.45) is -1.40. The lowest BCUT2D eigenvalue weighted by Gasteiger charge is -2.39. The van der Waals surface area contributed by atoms with Crippen LogP contribution in [0, 0.1) is 0 Å². The molecule has 0 aromatic rings. The molecular weight excluding hydrogens is 260 g/mol. The van der Waals surface area contributed by atoms with Crippen molar-refractivity contribution in [2.24, 2.45) is 0 Å². The van der Waals surface area contributed by atoms with Crippen molar-refractivity contribution >= 4 is 8.07 Å². The fraction of sp³-hybridized carbons (Fsp3) is 1.00. The molecule has 4 atom stereocenters. The van der Waals surface area contributed by atoms with Gasteiger partial charge in [0.15, 0.2) is 12.1 Å². The standard InChI is InChI=1S/C14H28O4Si/c1-13(2,3)19(6,7)8-9-10-11(12(15)16-9)18-14(4,5)17-10/h9-12,15H,8H2,1-7H3/t9-,10+,11+,12?/m0/s1. The van der Waals surface area contributed by atoms with Crippen LogP contribution in [0.25, 0.3) is 0 Å². The topological polar surface area (TPSA) is 47.9 Å². The molecular formula is C14H28O4Si. The Labute approximate surface area is 117 Å².